The van der Waals surface area contributed by atoms with Crippen molar-refractivity contribution < 1.29 is 28.8 Å². The second kappa shape index (κ2) is 9.98. The predicted molar refractivity (Wildman–Crippen MR) is 104 cm³/mol. The van der Waals surface area contributed by atoms with Crippen LogP contribution in [0.1, 0.15) is 40.5 Å². The van der Waals surface area contributed by atoms with Crippen molar-refractivity contribution in [1.29, 1.82) is 0 Å². The number of benzene rings is 2. The third kappa shape index (κ3) is 5.86. The summed E-state index contributed by atoms with van der Waals surface area (Å²) in [6.07, 6.45) is 1.13. The summed E-state index contributed by atoms with van der Waals surface area (Å²) in [4.78, 5) is 46.2. The minimum Gasteiger partial charge on any atom is -0.490 e. The van der Waals surface area contributed by atoms with Gasteiger partial charge in [0.2, 0.25) is 5.91 Å². The van der Waals surface area contributed by atoms with E-state index in [-0.39, 0.29) is 22.9 Å². The number of anilines is 1. The van der Waals surface area contributed by atoms with Gasteiger partial charge in [0.1, 0.15) is 0 Å². The Kier molecular flexibility index (Phi) is 7.41. The fourth-order valence-electron chi connectivity index (χ4n) is 2.45. The molecule has 0 fully saturated rings. The lowest BCUT2D eigenvalue weighted by Crippen LogP contribution is -2.15. The molecule has 152 valence electrons. The van der Waals surface area contributed by atoms with Crippen LogP contribution in [0.4, 0.5) is 11.4 Å². The SMILES string of the molecule is CCCC(=O)Nc1ccc(C(=O)COC(=O)c2ccc(OC)c([N+](=O)[O-])c2)cc1. The third-order valence-electron chi connectivity index (χ3n) is 3.91. The van der Waals surface area contributed by atoms with Crippen molar-refractivity contribution in [3.8, 4) is 5.75 Å². The molecule has 1 N–H and O–H groups in total. The summed E-state index contributed by atoms with van der Waals surface area (Å²) in [7, 11) is 1.28. The third-order valence-corrected chi connectivity index (χ3v) is 3.91. The van der Waals surface area contributed by atoms with E-state index in [1.54, 1.807) is 12.1 Å². The lowest BCUT2D eigenvalue weighted by Gasteiger charge is -2.07. The highest BCUT2D eigenvalue weighted by atomic mass is 16.6. The number of Topliss-reactive ketones (excluding diaryl/α,β-unsaturated/α-hetero) is 1. The van der Waals surface area contributed by atoms with Crippen LogP contribution < -0.4 is 10.1 Å². The van der Waals surface area contributed by atoms with Gasteiger partial charge in [0.25, 0.3) is 0 Å². The maximum Gasteiger partial charge on any atom is 0.338 e. The number of hydrogen-bond acceptors (Lipinski definition) is 7. The van der Waals surface area contributed by atoms with Crippen LogP contribution in [0.25, 0.3) is 0 Å². The minimum absolute atomic E-state index is 0.00810. The number of amides is 1. The second-order valence-corrected chi connectivity index (χ2v) is 6.02. The van der Waals surface area contributed by atoms with Gasteiger partial charge >= 0.3 is 11.7 Å². The van der Waals surface area contributed by atoms with Crippen molar-refractivity contribution in [2.24, 2.45) is 0 Å². The first kappa shape index (κ1) is 21.5. The fourth-order valence-corrected chi connectivity index (χ4v) is 2.45. The first-order valence-corrected chi connectivity index (χ1v) is 8.78. The highest BCUT2D eigenvalue weighted by Gasteiger charge is 2.19. The van der Waals surface area contributed by atoms with Crippen LogP contribution in [0.2, 0.25) is 0 Å². The normalized spacial score (nSPS) is 10.1. The van der Waals surface area contributed by atoms with E-state index in [2.05, 4.69) is 5.32 Å². The standard InChI is InChI=1S/C20H20N2O7/c1-3-4-19(24)21-15-8-5-13(6-9-15)17(23)12-29-20(25)14-7-10-18(28-2)16(11-14)22(26)27/h5-11H,3-4,12H2,1-2H3,(H,21,24). The maximum absolute atomic E-state index is 12.2. The van der Waals surface area contributed by atoms with Gasteiger partial charge in [-0.3, -0.25) is 19.7 Å². The summed E-state index contributed by atoms with van der Waals surface area (Å²) >= 11 is 0. The van der Waals surface area contributed by atoms with Crippen molar-refractivity contribution in [2.45, 2.75) is 19.8 Å². The Balaban J connectivity index is 1.98. The van der Waals surface area contributed by atoms with Crippen LogP contribution in [0.15, 0.2) is 42.5 Å². The molecule has 2 rings (SSSR count). The zero-order valence-corrected chi connectivity index (χ0v) is 16.0. The number of esters is 1. The maximum atomic E-state index is 12.2. The lowest BCUT2D eigenvalue weighted by molar-refractivity contribution is -0.385. The van der Waals surface area contributed by atoms with Crippen LogP contribution in [-0.2, 0) is 9.53 Å². The summed E-state index contributed by atoms with van der Waals surface area (Å²) in [6, 6.07) is 9.80. The number of nitro benzene ring substituents is 1. The Bertz CT molecular complexity index is 923. The van der Waals surface area contributed by atoms with E-state index in [1.165, 1.54) is 31.4 Å². The largest absolute Gasteiger partial charge is 0.490 e. The molecular weight excluding hydrogens is 380 g/mol. The molecule has 29 heavy (non-hydrogen) atoms. The van der Waals surface area contributed by atoms with Crippen molar-refractivity contribution in [2.75, 3.05) is 19.0 Å². The quantitative estimate of drug-likeness (QED) is 0.296. The van der Waals surface area contributed by atoms with Gasteiger partial charge < -0.3 is 14.8 Å². The van der Waals surface area contributed by atoms with E-state index in [4.69, 9.17) is 9.47 Å². The molecule has 9 nitrogen and oxygen atoms in total. The van der Waals surface area contributed by atoms with E-state index in [1.807, 2.05) is 6.92 Å². The molecule has 0 saturated carbocycles. The molecule has 0 spiro atoms. The Morgan fingerprint density at radius 2 is 1.72 bits per heavy atom. The number of hydrogen-bond donors (Lipinski definition) is 1. The van der Waals surface area contributed by atoms with Crippen LogP contribution >= 0.6 is 0 Å². The van der Waals surface area contributed by atoms with E-state index in [0.717, 1.165) is 12.5 Å². The van der Waals surface area contributed by atoms with Gasteiger partial charge in [0.15, 0.2) is 18.1 Å². The van der Waals surface area contributed by atoms with E-state index >= 15 is 0 Å². The first-order valence-electron chi connectivity index (χ1n) is 8.78. The van der Waals surface area contributed by atoms with Gasteiger partial charge in [-0.1, -0.05) is 6.92 Å². The number of nitro groups is 1. The Morgan fingerprint density at radius 1 is 1.07 bits per heavy atom. The number of nitrogens with zero attached hydrogens (tertiary/aromatic N) is 1. The number of rotatable bonds is 9. The number of carbonyl (C=O) groups is 3. The monoisotopic (exact) mass is 400 g/mol. The Hall–Kier alpha value is -3.75. The molecular formula is C20H20N2O7. The molecule has 0 aliphatic carbocycles. The summed E-state index contributed by atoms with van der Waals surface area (Å²) < 4.78 is 9.83. The van der Waals surface area contributed by atoms with Gasteiger partial charge in [0.05, 0.1) is 17.6 Å². The first-order chi connectivity index (χ1) is 13.8. The summed E-state index contributed by atoms with van der Waals surface area (Å²) in [5.74, 6) is -1.43. The number of ketones is 1. The van der Waals surface area contributed by atoms with Crippen molar-refractivity contribution in [3.63, 3.8) is 0 Å². The molecule has 0 aromatic heterocycles. The van der Waals surface area contributed by atoms with Gasteiger partial charge in [-0.05, 0) is 42.8 Å². The summed E-state index contributed by atoms with van der Waals surface area (Å²) in [5.41, 5.74) is 0.405. The zero-order chi connectivity index (χ0) is 21.4. The van der Waals surface area contributed by atoms with Crippen molar-refractivity contribution in [1.82, 2.24) is 0 Å². The smallest absolute Gasteiger partial charge is 0.338 e. The van der Waals surface area contributed by atoms with E-state index in [0.29, 0.717) is 17.7 Å². The molecule has 0 aliphatic heterocycles. The summed E-state index contributed by atoms with van der Waals surface area (Å²) in [6.45, 7) is 1.37. The zero-order valence-electron chi connectivity index (χ0n) is 16.0. The Morgan fingerprint density at radius 3 is 2.31 bits per heavy atom. The number of methoxy groups -OCH3 is 1. The summed E-state index contributed by atoms with van der Waals surface area (Å²) in [5, 5.41) is 13.7. The second-order valence-electron chi connectivity index (χ2n) is 6.02. The van der Waals surface area contributed by atoms with Crippen LogP contribution in [0.3, 0.4) is 0 Å². The van der Waals surface area contributed by atoms with Crippen LogP contribution in [0, 0.1) is 10.1 Å². The molecule has 0 aliphatic rings. The average molecular weight is 400 g/mol. The number of ether oxygens (including phenoxy) is 2. The molecule has 0 atom stereocenters. The lowest BCUT2D eigenvalue weighted by atomic mass is 10.1. The molecule has 0 saturated heterocycles. The van der Waals surface area contributed by atoms with Crippen LogP contribution in [0.5, 0.6) is 5.75 Å². The topological polar surface area (TPSA) is 125 Å². The highest BCUT2D eigenvalue weighted by molar-refractivity contribution is 6.00. The molecule has 0 bridgehead atoms. The van der Waals surface area contributed by atoms with Crippen LogP contribution in [-0.4, -0.2) is 36.3 Å². The molecule has 1 amide bonds. The highest BCUT2D eigenvalue weighted by Crippen LogP contribution is 2.27. The van der Waals surface area contributed by atoms with E-state index in [9.17, 15) is 24.5 Å². The van der Waals surface area contributed by atoms with Crippen molar-refractivity contribution in [3.05, 3.63) is 63.7 Å². The minimum atomic E-state index is -0.868. The average Bonchev–Trinajstić information content (AvgIpc) is 2.71. The van der Waals surface area contributed by atoms with Gasteiger partial charge in [0, 0.05) is 23.7 Å². The van der Waals surface area contributed by atoms with E-state index < -0.39 is 23.3 Å². The molecule has 0 radical (unpaired) electrons. The number of carbonyl (C=O) groups excluding carboxylic acids is 3. The van der Waals surface area contributed by atoms with Gasteiger partial charge in [-0.15, -0.1) is 0 Å². The molecule has 9 heteroatoms. The fraction of sp³-hybridized carbons (Fsp3) is 0.250. The van der Waals surface area contributed by atoms with Crippen molar-refractivity contribution >= 4 is 29.0 Å². The van der Waals surface area contributed by atoms with Gasteiger partial charge in [-0.2, -0.15) is 0 Å². The number of nitrogens with one attached hydrogen (secondary N) is 1. The van der Waals surface area contributed by atoms with Gasteiger partial charge in [-0.25, -0.2) is 4.79 Å². The molecule has 0 unspecified atom stereocenters. The molecule has 2 aromatic rings. The Labute approximate surface area is 166 Å². The molecule has 2 aromatic carbocycles. The predicted octanol–water partition coefficient (Wildman–Crippen LogP) is 3.38. The molecule has 0 heterocycles.